The number of nitro benzene ring substituents is 1. The van der Waals surface area contributed by atoms with Crippen molar-refractivity contribution in [1.82, 2.24) is 4.98 Å². The van der Waals surface area contributed by atoms with Crippen LogP contribution in [0.3, 0.4) is 0 Å². The van der Waals surface area contributed by atoms with E-state index < -0.39 is 4.92 Å². The van der Waals surface area contributed by atoms with E-state index in [0.29, 0.717) is 16.6 Å². The van der Waals surface area contributed by atoms with E-state index in [9.17, 15) is 15.2 Å². The minimum atomic E-state index is -0.523. The maximum atomic E-state index is 11.3. The highest BCUT2D eigenvalue weighted by Crippen LogP contribution is 2.32. The molecular formula is C17H11N4O3+. The number of hydrogen-bond acceptors (Lipinski definition) is 5. The van der Waals surface area contributed by atoms with Crippen LogP contribution in [-0.2, 0) is 0 Å². The first-order valence-corrected chi connectivity index (χ1v) is 6.99. The van der Waals surface area contributed by atoms with E-state index in [1.54, 1.807) is 12.1 Å². The molecule has 0 atom stereocenters. The van der Waals surface area contributed by atoms with Gasteiger partial charge in [-0.25, -0.2) is 4.98 Å². The predicted octanol–water partition coefficient (Wildman–Crippen LogP) is 4.52. The van der Waals surface area contributed by atoms with Gasteiger partial charge in [0.15, 0.2) is 4.98 Å². The first-order chi connectivity index (χ1) is 11.6. The summed E-state index contributed by atoms with van der Waals surface area (Å²) in [5.41, 5.74) is 1.48. The second-order valence-corrected chi connectivity index (χ2v) is 4.98. The van der Waals surface area contributed by atoms with Gasteiger partial charge in [-0.15, -0.1) is 0 Å². The van der Waals surface area contributed by atoms with Crippen LogP contribution in [0.5, 0.6) is 0 Å². The van der Waals surface area contributed by atoms with Crippen molar-refractivity contribution in [3.8, 4) is 11.3 Å². The van der Waals surface area contributed by atoms with E-state index in [4.69, 9.17) is 5.39 Å². The number of non-ortho nitro benzene ring substituents is 1. The molecule has 7 heteroatoms. The van der Waals surface area contributed by atoms with Crippen molar-refractivity contribution in [3.05, 3.63) is 81.5 Å². The van der Waals surface area contributed by atoms with Crippen LogP contribution in [0.1, 0.15) is 5.56 Å². The summed E-state index contributed by atoms with van der Waals surface area (Å²) in [6, 6.07) is 15.2. The van der Waals surface area contributed by atoms with Gasteiger partial charge in [-0.05, 0) is 6.07 Å². The molecule has 0 saturated carbocycles. The number of nitro groups is 1. The zero-order chi connectivity index (χ0) is 17.1. The first kappa shape index (κ1) is 15.1. The molecule has 1 N–H and O–H groups in total. The van der Waals surface area contributed by atoms with E-state index in [2.05, 4.69) is 9.96 Å². The molecule has 0 saturated heterocycles. The molecule has 3 aromatic rings. The molecule has 116 valence electrons. The van der Waals surface area contributed by atoms with E-state index in [0.717, 1.165) is 11.8 Å². The van der Waals surface area contributed by atoms with Crippen LogP contribution in [0.2, 0.25) is 0 Å². The molecule has 24 heavy (non-hydrogen) atoms. The molecule has 7 nitrogen and oxygen atoms in total. The average Bonchev–Trinajstić information content (AvgIpc) is 2.61. The number of benzene rings is 2. The van der Waals surface area contributed by atoms with Gasteiger partial charge < -0.3 is 5.11 Å². The average molecular weight is 319 g/mol. The lowest BCUT2D eigenvalue weighted by Crippen LogP contribution is -1.96. The zero-order valence-corrected chi connectivity index (χ0v) is 12.3. The Bertz CT molecular complexity index is 1010. The number of pyridine rings is 1. The van der Waals surface area contributed by atoms with Crippen molar-refractivity contribution in [2.24, 2.45) is 0 Å². The van der Waals surface area contributed by atoms with Gasteiger partial charge in [0.05, 0.1) is 10.6 Å². The molecule has 3 rings (SSSR count). The van der Waals surface area contributed by atoms with Gasteiger partial charge in [0.25, 0.3) is 5.69 Å². The Morgan fingerprint density at radius 3 is 2.62 bits per heavy atom. The Morgan fingerprint density at radius 1 is 1.21 bits per heavy atom. The molecule has 0 bridgehead atoms. The fourth-order valence-corrected chi connectivity index (χ4v) is 2.47. The van der Waals surface area contributed by atoms with Gasteiger partial charge >= 0.3 is 6.20 Å². The van der Waals surface area contributed by atoms with Gasteiger partial charge in [-0.3, -0.25) is 10.1 Å². The van der Waals surface area contributed by atoms with Crippen molar-refractivity contribution in [2.75, 3.05) is 0 Å². The van der Waals surface area contributed by atoms with Gasteiger partial charge in [0.2, 0.25) is 11.2 Å². The summed E-state index contributed by atoms with van der Waals surface area (Å²) in [7, 11) is 0. The fraction of sp³-hybridized carbons (Fsp3) is 0. The van der Waals surface area contributed by atoms with Gasteiger partial charge in [-0.1, -0.05) is 42.5 Å². The third-order valence-corrected chi connectivity index (χ3v) is 3.54. The van der Waals surface area contributed by atoms with Crippen molar-refractivity contribution in [3.63, 3.8) is 0 Å². The highest BCUT2D eigenvalue weighted by atomic mass is 16.6. The van der Waals surface area contributed by atoms with Crippen LogP contribution in [0.25, 0.3) is 32.9 Å². The highest BCUT2D eigenvalue weighted by Gasteiger charge is 2.19. The molecule has 0 aliphatic carbocycles. The van der Waals surface area contributed by atoms with Crippen LogP contribution in [0.4, 0.5) is 5.69 Å². The van der Waals surface area contributed by atoms with E-state index in [1.807, 2.05) is 30.3 Å². The topological polar surface area (TPSA) is 104 Å². The molecule has 0 aliphatic heterocycles. The lowest BCUT2D eigenvalue weighted by atomic mass is 10.0. The number of fused-ring (bicyclic) bond motifs is 1. The van der Waals surface area contributed by atoms with Gasteiger partial charge in [0, 0.05) is 22.6 Å². The standard InChI is InChI=1S/C17H10N4O3/c18-19-10-16(22)13-9-14(11-5-2-1-3-6-11)20-17-12(13)7-4-8-15(17)21(23)24/h1-10H/p+1. The number of nitrogens with zero attached hydrogens (tertiary/aromatic N) is 4. The second kappa shape index (κ2) is 6.14. The Balaban J connectivity index is 2.40. The van der Waals surface area contributed by atoms with Crippen LogP contribution in [0, 0.1) is 15.5 Å². The third-order valence-electron chi connectivity index (χ3n) is 3.54. The molecule has 0 aliphatic rings. The second-order valence-electron chi connectivity index (χ2n) is 4.98. The van der Waals surface area contributed by atoms with Crippen molar-refractivity contribution in [1.29, 1.82) is 5.39 Å². The molecule has 0 radical (unpaired) electrons. The molecular weight excluding hydrogens is 308 g/mol. The Kier molecular flexibility index (Phi) is 3.87. The summed E-state index contributed by atoms with van der Waals surface area (Å²) in [5, 5.41) is 30.5. The van der Waals surface area contributed by atoms with E-state index in [1.165, 1.54) is 12.1 Å². The Morgan fingerprint density at radius 2 is 1.96 bits per heavy atom. The van der Waals surface area contributed by atoms with Crippen LogP contribution in [0.15, 0.2) is 60.8 Å². The smallest absolute Gasteiger partial charge is 0.392 e. The largest absolute Gasteiger partial charge is 0.501 e. The Labute approximate surface area is 136 Å². The fourth-order valence-electron chi connectivity index (χ4n) is 2.47. The van der Waals surface area contributed by atoms with Crippen LogP contribution < -0.4 is 0 Å². The molecule has 1 aromatic heterocycles. The van der Waals surface area contributed by atoms with Crippen molar-refractivity contribution in [2.45, 2.75) is 0 Å². The quantitative estimate of drug-likeness (QED) is 0.331. The van der Waals surface area contributed by atoms with E-state index >= 15 is 0 Å². The summed E-state index contributed by atoms with van der Waals surface area (Å²) < 4.78 is 0. The van der Waals surface area contributed by atoms with Crippen molar-refractivity contribution < 1.29 is 10.0 Å². The summed E-state index contributed by atoms with van der Waals surface area (Å²) in [6.07, 6.45) is 0.863. The molecule has 2 aromatic carbocycles. The lowest BCUT2D eigenvalue weighted by molar-refractivity contribution is -0.383. The molecule has 0 unspecified atom stereocenters. The maximum absolute atomic E-state index is 11.3. The van der Waals surface area contributed by atoms with Crippen molar-refractivity contribution >= 4 is 22.3 Å². The summed E-state index contributed by atoms with van der Waals surface area (Å²) in [4.78, 5) is 18.0. The highest BCUT2D eigenvalue weighted by molar-refractivity contribution is 5.97. The monoisotopic (exact) mass is 319 g/mol. The number of rotatable bonds is 3. The van der Waals surface area contributed by atoms with Crippen LogP contribution >= 0.6 is 0 Å². The minimum absolute atomic E-state index is 0.150. The number of para-hydroxylation sites is 1. The van der Waals surface area contributed by atoms with Gasteiger partial charge in [-0.2, -0.15) is 0 Å². The third kappa shape index (κ3) is 2.64. The molecule has 0 amide bonds. The zero-order valence-electron chi connectivity index (χ0n) is 12.3. The predicted molar refractivity (Wildman–Crippen MR) is 89.5 cm³/mol. The number of aliphatic hydroxyl groups excluding tert-OH is 1. The summed E-state index contributed by atoms with van der Waals surface area (Å²) in [5.74, 6) is -0.317. The normalized spacial score (nSPS) is 11.2. The number of aliphatic hydroxyl groups is 1. The molecule has 0 spiro atoms. The minimum Gasteiger partial charge on any atom is -0.501 e. The molecule has 1 heterocycles. The number of diazo groups is 1. The first-order valence-electron chi connectivity index (χ1n) is 6.99. The van der Waals surface area contributed by atoms with Crippen LogP contribution in [-0.4, -0.2) is 15.0 Å². The SMILES string of the molecule is N#[N+]C=C(O)c1cc(-c2ccccc2)nc2c([N+](=O)[O-])cccc12. The number of hydrogen-bond donors (Lipinski definition) is 1. The van der Waals surface area contributed by atoms with Gasteiger partial charge in [0.1, 0.15) is 5.52 Å². The number of aromatic nitrogens is 1. The summed E-state index contributed by atoms with van der Waals surface area (Å²) in [6.45, 7) is 0. The lowest BCUT2D eigenvalue weighted by Gasteiger charge is -2.08. The van der Waals surface area contributed by atoms with E-state index in [-0.39, 0.29) is 17.0 Å². The summed E-state index contributed by atoms with van der Waals surface area (Å²) >= 11 is 0. The maximum Gasteiger partial charge on any atom is 0.392 e. The molecule has 0 fully saturated rings. The Hall–Kier alpha value is -3.79.